The zero-order chi connectivity index (χ0) is 23.7. The first-order valence-electron chi connectivity index (χ1n) is 11.7. The van der Waals surface area contributed by atoms with Gasteiger partial charge >= 0.3 is 0 Å². The summed E-state index contributed by atoms with van der Waals surface area (Å²) in [4.78, 5) is 22.6. The molecule has 0 aromatic carbocycles. The van der Waals surface area contributed by atoms with E-state index in [0.29, 0.717) is 10.8 Å². The van der Waals surface area contributed by atoms with Gasteiger partial charge in [0.2, 0.25) is 0 Å². The summed E-state index contributed by atoms with van der Waals surface area (Å²) in [7, 11) is 0. The normalized spacial score (nSPS) is 19.3. The molecule has 176 valence electrons. The molecule has 7 rings (SSSR count). The predicted octanol–water partition coefficient (Wildman–Crippen LogP) is 4.34. The molecule has 1 aliphatic carbocycles. The average Bonchev–Trinajstić information content (AvgIpc) is 3.55. The molecule has 1 saturated heterocycles. The van der Waals surface area contributed by atoms with Gasteiger partial charge in [0.25, 0.3) is 0 Å². The van der Waals surface area contributed by atoms with E-state index < -0.39 is 0 Å². The lowest BCUT2D eigenvalue weighted by molar-refractivity contribution is 0.186. The number of pyridine rings is 3. The van der Waals surface area contributed by atoms with E-state index in [2.05, 4.69) is 25.3 Å². The van der Waals surface area contributed by atoms with Crippen LogP contribution in [0.3, 0.4) is 0 Å². The number of nitrogens with two attached hydrogens (primary N) is 2. The number of imidazole rings is 2. The van der Waals surface area contributed by atoms with Gasteiger partial charge < -0.3 is 16.4 Å². The third kappa shape index (κ3) is 3.11. The summed E-state index contributed by atoms with van der Waals surface area (Å²) in [5, 5.41) is 0.461. The second kappa shape index (κ2) is 7.68. The summed E-state index contributed by atoms with van der Waals surface area (Å²) in [5.74, 6) is 1.31. The quantitative estimate of drug-likeness (QED) is 0.375. The molecule has 10 heteroatoms. The van der Waals surface area contributed by atoms with Crippen LogP contribution in [-0.4, -0.2) is 37.4 Å². The molecule has 0 saturated carbocycles. The number of fused-ring (bicyclic) bond motifs is 1. The van der Waals surface area contributed by atoms with E-state index >= 15 is 0 Å². The highest BCUT2D eigenvalue weighted by Gasteiger charge is 2.47. The summed E-state index contributed by atoms with van der Waals surface area (Å²) in [6.45, 7) is 1.82. The molecule has 2 aliphatic rings. The van der Waals surface area contributed by atoms with Crippen LogP contribution in [0.25, 0.3) is 16.8 Å². The van der Waals surface area contributed by atoms with E-state index in [9.17, 15) is 0 Å². The number of halogens is 1. The average molecular weight is 503 g/mol. The molecule has 0 unspecified atom stereocenters. The smallest absolute Gasteiger partial charge is 0.157 e. The summed E-state index contributed by atoms with van der Waals surface area (Å²) in [6.07, 6.45) is 8.49. The Kier molecular flexibility index (Phi) is 4.64. The molecule has 1 fully saturated rings. The van der Waals surface area contributed by atoms with E-state index in [1.807, 2.05) is 36.7 Å². The second-order valence-electron chi connectivity index (χ2n) is 9.46. The Balaban J connectivity index is 1.18. The fourth-order valence-electron chi connectivity index (χ4n) is 5.73. The zero-order valence-corrected chi connectivity index (χ0v) is 20.4. The maximum atomic E-state index is 6.72. The molecular weight excluding hydrogens is 480 g/mol. The summed E-state index contributed by atoms with van der Waals surface area (Å²) in [6, 6.07) is 10.1. The highest BCUT2D eigenvalue weighted by Crippen LogP contribution is 2.50. The van der Waals surface area contributed by atoms with Gasteiger partial charge in [0.15, 0.2) is 11.5 Å². The lowest BCUT2D eigenvalue weighted by atomic mass is 9.73. The number of nitrogens with zero attached hydrogens (tertiary/aromatic N) is 6. The van der Waals surface area contributed by atoms with Crippen LogP contribution in [0.15, 0.2) is 58.7 Å². The third-order valence-electron chi connectivity index (χ3n) is 7.63. The van der Waals surface area contributed by atoms with E-state index in [-0.39, 0.29) is 11.5 Å². The fourth-order valence-corrected chi connectivity index (χ4v) is 6.89. The number of nitrogen functional groups attached to an aromatic ring is 1. The highest BCUT2D eigenvalue weighted by atomic mass is 35.5. The minimum absolute atomic E-state index is 0.00105. The maximum Gasteiger partial charge on any atom is 0.157 e. The SMILES string of the molecule is Nc1nccc(Sc2ccc3nc(N4CCC5(CC4)Cc4cccnc4[C@H]5N)c4cnc2n34)c1Cl. The van der Waals surface area contributed by atoms with Gasteiger partial charge in [-0.25, -0.2) is 15.0 Å². The van der Waals surface area contributed by atoms with Gasteiger partial charge in [0.05, 0.1) is 27.9 Å². The van der Waals surface area contributed by atoms with Crippen molar-refractivity contribution < 1.29 is 0 Å². The van der Waals surface area contributed by atoms with Crippen molar-refractivity contribution in [1.82, 2.24) is 24.3 Å². The zero-order valence-electron chi connectivity index (χ0n) is 18.9. The summed E-state index contributed by atoms with van der Waals surface area (Å²) in [5.41, 5.74) is 17.8. The Morgan fingerprint density at radius 3 is 2.71 bits per heavy atom. The molecule has 35 heavy (non-hydrogen) atoms. The topological polar surface area (TPSA) is 111 Å². The summed E-state index contributed by atoms with van der Waals surface area (Å²) < 4.78 is 2.13. The maximum absolute atomic E-state index is 6.72. The van der Waals surface area contributed by atoms with E-state index in [1.54, 1.807) is 6.20 Å². The van der Waals surface area contributed by atoms with Crippen molar-refractivity contribution in [3.8, 4) is 0 Å². The molecule has 1 aliphatic heterocycles. The Morgan fingerprint density at radius 1 is 1.03 bits per heavy atom. The molecule has 0 amide bonds. The third-order valence-corrected chi connectivity index (χ3v) is 9.23. The van der Waals surface area contributed by atoms with Gasteiger partial charge in [-0.15, -0.1) is 0 Å². The van der Waals surface area contributed by atoms with Crippen LogP contribution in [0, 0.1) is 5.41 Å². The van der Waals surface area contributed by atoms with Crippen molar-refractivity contribution in [3.05, 3.63) is 65.2 Å². The molecule has 1 spiro atoms. The largest absolute Gasteiger partial charge is 0.382 e. The molecule has 0 bridgehead atoms. The first-order valence-corrected chi connectivity index (χ1v) is 12.9. The van der Waals surface area contributed by atoms with Crippen molar-refractivity contribution in [1.29, 1.82) is 0 Å². The fraction of sp³-hybridized carbons (Fsp3) is 0.280. The van der Waals surface area contributed by atoms with Gasteiger partial charge in [-0.3, -0.25) is 9.38 Å². The Morgan fingerprint density at radius 2 is 1.89 bits per heavy atom. The Hall–Kier alpha value is -3.14. The van der Waals surface area contributed by atoms with Gasteiger partial charge in [-0.2, -0.15) is 0 Å². The van der Waals surface area contributed by atoms with Crippen LogP contribution in [0.1, 0.15) is 30.1 Å². The van der Waals surface area contributed by atoms with Crippen molar-refractivity contribution in [3.63, 3.8) is 0 Å². The molecule has 5 aromatic heterocycles. The van der Waals surface area contributed by atoms with Crippen molar-refractivity contribution in [2.75, 3.05) is 23.7 Å². The summed E-state index contributed by atoms with van der Waals surface area (Å²) >= 11 is 7.91. The van der Waals surface area contributed by atoms with Crippen LogP contribution >= 0.6 is 23.4 Å². The Bertz CT molecular complexity index is 1580. The minimum Gasteiger partial charge on any atom is -0.382 e. The first-order chi connectivity index (χ1) is 17.0. The van der Waals surface area contributed by atoms with Gasteiger partial charge in [-0.05, 0) is 54.5 Å². The van der Waals surface area contributed by atoms with Crippen molar-refractivity contribution >= 4 is 51.8 Å². The number of rotatable bonds is 3. The Labute approximate surface area is 211 Å². The van der Waals surface area contributed by atoms with Crippen molar-refractivity contribution in [2.24, 2.45) is 11.1 Å². The van der Waals surface area contributed by atoms with Gasteiger partial charge in [0, 0.05) is 30.4 Å². The van der Waals surface area contributed by atoms with Gasteiger partial charge in [0.1, 0.15) is 17.0 Å². The molecular formula is C25H23ClN8S. The van der Waals surface area contributed by atoms with Crippen LogP contribution < -0.4 is 16.4 Å². The molecule has 0 radical (unpaired) electrons. The van der Waals surface area contributed by atoms with Crippen LogP contribution in [0.2, 0.25) is 5.02 Å². The number of aromatic nitrogens is 5. The molecule has 8 nitrogen and oxygen atoms in total. The number of hydrogen-bond donors (Lipinski definition) is 2. The number of hydrogen-bond acceptors (Lipinski definition) is 8. The molecule has 6 heterocycles. The highest BCUT2D eigenvalue weighted by molar-refractivity contribution is 7.99. The van der Waals surface area contributed by atoms with E-state index in [4.69, 9.17) is 33.0 Å². The minimum atomic E-state index is -0.00105. The second-order valence-corrected chi connectivity index (χ2v) is 10.9. The van der Waals surface area contributed by atoms with Crippen LogP contribution in [0.4, 0.5) is 11.6 Å². The number of anilines is 2. The van der Waals surface area contributed by atoms with E-state index in [0.717, 1.165) is 70.5 Å². The molecule has 1 atom stereocenters. The van der Waals surface area contributed by atoms with Crippen molar-refractivity contribution in [2.45, 2.75) is 35.1 Å². The number of piperidine rings is 1. The predicted molar refractivity (Wildman–Crippen MR) is 138 cm³/mol. The monoisotopic (exact) mass is 502 g/mol. The molecule has 4 N–H and O–H groups in total. The van der Waals surface area contributed by atoms with E-state index in [1.165, 1.54) is 17.3 Å². The van der Waals surface area contributed by atoms with Gasteiger partial charge in [-0.1, -0.05) is 29.4 Å². The standard InChI is InChI=1S/C25H23ClN8S/c26-19-16(5-9-30-22(19)28)35-17-3-4-18-32-23(15-13-31-24(17)34(15)18)33-10-6-25(7-11-33)12-14-2-1-8-29-20(14)21(25)27/h1-5,8-9,13,21H,6-7,10-12,27H2,(H2,28,30)/t21-/m1/s1. The lowest BCUT2D eigenvalue weighted by Crippen LogP contribution is -2.44. The van der Waals surface area contributed by atoms with Crippen LogP contribution in [-0.2, 0) is 6.42 Å². The lowest BCUT2D eigenvalue weighted by Gasteiger charge is -2.42. The van der Waals surface area contributed by atoms with Crippen LogP contribution in [0.5, 0.6) is 0 Å². The first kappa shape index (κ1) is 21.2. The molecule has 5 aromatic rings.